The van der Waals surface area contributed by atoms with Gasteiger partial charge in [-0.3, -0.25) is 14.5 Å². The van der Waals surface area contributed by atoms with Gasteiger partial charge in [0.15, 0.2) is 24.5 Å². The van der Waals surface area contributed by atoms with Crippen LogP contribution in [0.2, 0.25) is 0 Å². The Hall–Kier alpha value is -4.03. The van der Waals surface area contributed by atoms with Crippen molar-refractivity contribution in [2.24, 2.45) is 5.16 Å². The lowest BCUT2D eigenvalue weighted by Gasteiger charge is -2.50. The fourth-order valence-corrected chi connectivity index (χ4v) is 5.07. The van der Waals surface area contributed by atoms with Crippen LogP contribution in [0.3, 0.4) is 0 Å². The number of hydrogen-bond acceptors (Lipinski definition) is 12. The molecule has 0 aromatic carbocycles. The number of terminal acetylenes is 1. The largest absolute Gasteiger partial charge is 0.543 e. The maximum atomic E-state index is 12.9. The molecule has 1 fully saturated rings. The van der Waals surface area contributed by atoms with Crippen molar-refractivity contribution < 1.29 is 29.0 Å². The third kappa shape index (κ3) is 4.54. The molecule has 4 heterocycles. The average Bonchev–Trinajstić information content (AvgIpc) is 3.26. The van der Waals surface area contributed by atoms with Crippen molar-refractivity contribution in [3.05, 3.63) is 41.6 Å². The predicted octanol–water partition coefficient (Wildman–Crippen LogP) is -2.74. The van der Waals surface area contributed by atoms with Gasteiger partial charge in [-0.05, 0) is 11.2 Å². The van der Waals surface area contributed by atoms with E-state index >= 15 is 0 Å². The molecule has 1 unspecified atom stereocenters. The zero-order valence-electron chi connectivity index (χ0n) is 17.3. The van der Waals surface area contributed by atoms with Gasteiger partial charge in [0.1, 0.15) is 11.4 Å². The maximum Gasteiger partial charge on any atom is 0.278 e. The van der Waals surface area contributed by atoms with E-state index in [0.29, 0.717) is 11.3 Å². The molecule has 2 atom stereocenters. The van der Waals surface area contributed by atoms with Crippen molar-refractivity contribution in [1.29, 1.82) is 0 Å². The van der Waals surface area contributed by atoms with Gasteiger partial charge in [0.2, 0.25) is 11.5 Å². The van der Waals surface area contributed by atoms with E-state index in [2.05, 4.69) is 30.8 Å². The Morgan fingerprint density at radius 3 is 2.94 bits per heavy atom. The molecule has 0 spiro atoms. The van der Waals surface area contributed by atoms with Crippen molar-refractivity contribution in [2.75, 3.05) is 18.1 Å². The Bertz CT molecular complexity index is 1240. The molecule has 2 aliphatic heterocycles. The molecule has 13 nitrogen and oxygen atoms in total. The summed E-state index contributed by atoms with van der Waals surface area (Å²) in [5.41, 5.74) is 5.50. The SMILES string of the molecule is C#CCON=C(C(=O)NC1C(=O)N2C(C(=O)[O-])=C(C[n+]3ccccn3)CS[C@H]12)c1nsc(N)n1. The topological polar surface area (TPSA) is 180 Å². The van der Waals surface area contributed by atoms with Crippen LogP contribution in [-0.4, -0.2) is 66.6 Å². The third-order valence-electron chi connectivity index (χ3n) is 4.72. The number of aliphatic carboxylic acids is 1. The highest BCUT2D eigenvalue weighted by atomic mass is 32.2. The van der Waals surface area contributed by atoms with Crippen molar-refractivity contribution in [2.45, 2.75) is 18.0 Å². The van der Waals surface area contributed by atoms with E-state index < -0.39 is 29.2 Å². The number of carbonyl (C=O) groups excluding carboxylic acids is 3. The Morgan fingerprint density at radius 2 is 2.29 bits per heavy atom. The molecule has 4 rings (SSSR count). The highest BCUT2D eigenvalue weighted by molar-refractivity contribution is 8.00. The molecular weight excluding hydrogens is 484 g/mol. The molecule has 2 aliphatic rings. The lowest BCUT2D eigenvalue weighted by Crippen LogP contribution is -2.71. The number of aromatic nitrogens is 4. The summed E-state index contributed by atoms with van der Waals surface area (Å²) in [5.74, 6) is -0.494. The first kappa shape index (κ1) is 23.1. The van der Waals surface area contributed by atoms with E-state index in [9.17, 15) is 19.5 Å². The van der Waals surface area contributed by atoms with Crippen molar-refractivity contribution >= 4 is 51.9 Å². The summed E-state index contributed by atoms with van der Waals surface area (Å²) >= 11 is 2.15. The van der Waals surface area contributed by atoms with Crippen molar-refractivity contribution in [3.63, 3.8) is 0 Å². The van der Waals surface area contributed by atoms with E-state index in [-0.39, 0.29) is 35.5 Å². The Labute approximate surface area is 200 Å². The van der Waals surface area contributed by atoms with Gasteiger partial charge in [-0.1, -0.05) is 15.8 Å². The normalized spacial score (nSPS) is 19.7. The van der Waals surface area contributed by atoms with Gasteiger partial charge in [0.05, 0.1) is 17.9 Å². The first-order valence-electron chi connectivity index (χ1n) is 9.63. The lowest BCUT2D eigenvalue weighted by molar-refractivity contribution is -0.746. The van der Waals surface area contributed by atoms with Crippen LogP contribution >= 0.6 is 23.3 Å². The van der Waals surface area contributed by atoms with Crippen LogP contribution in [0.1, 0.15) is 5.82 Å². The fraction of sp³-hybridized carbons (Fsp3) is 0.263. The minimum Gasteiger partial charge on any atom is -0.543 e. The summed E-state index contributed by atoms with van der Waals surface area (Å²) in [5, 5.41) is 21.7. The molecule has 2 aromatic rings. The smallest absolute Gasteiger partial charge is 0.278 e. The number of amides is 2. The summed E-state index contributed by atoms with van der Waals surface area (Å²) in [4.78, 5) is 47.5. The molecule has 2 aromatic heterocycles. The number of carbonyl (C=O) groups is 3. The third-order valence-corrected chi connectivity index (χ3v) is 6.60. The number of thioether (sulfide) groups is 1. The second-order valence-corrected chi connectivity index (χ2v) is 8.76. The number of β-lactam (4-membered cyclic amide) rings is 1. The summed E-state index contributed by atoms with van der Waals surface area (Å²) in [6.45, 7) is -0.0350. The number of fused-ring (bicyclic) bond motifs is 1. The second-order valence-electron chi connectivity index (χ2n) is 6.87. The van der Waals surface area contributed by atoms with Gasteiger partial charge in [-0.15, -0.1) is 18.2 Å². The number of carboxylic acid groups (broad SMARTS) is 1. The average molecular weight is 501 g/mol. The quantitative estimate of drug-likeness (QED) is 0.0964. The molecular formula is C19H16N8O5S2. The monoisotopic (exact) mass is 500 g/mol. The first-order chi connectivity index (χ1) is 16.4. The van der Waals surface area contributed by atoms with Crippen LogP contribution in [0.25, 0.3) is 0 Å². The van der Waals surface area contributed by atoms with Gasteiger partial charge in [0.25, 0.3) is 11.8 Å². The molecule has 3 N–H and O–H groups in total. The molecule has 34 heavy (non-hydrogen) atoms. The lowest BCUT2D eigenvalue weighted by atomic mass is 10.0. The zero-order chi connectivity index (χ0) is 24.2. The summed E-state index contributed by atoms with van der Waals surface area (Å²) < 4.78 is 5.48. The number of hydrogen-bond donors (Lipinski definition) is 2. The van der Waals surface area contributed by atoms with E-state index in [4.69, 9.17) is 17.0 Å². The number of anilines is 1. The molecule has 0 bridgehead atoms. The number of nitrogens with zero attached hydrogens (tertiary/aromatic N) is 6. The standard InChI is InChI=1S/C19H16N8O5S2/c1-2-7-32-24-11(14-23-19(20)34-25-14)15(28)22-12-16(29)27-13(18(30)31)10(9-33-17(12)27)8-26-6-4-3-5-21-26/h1,3-6,12,17H,7-9H2,(H3-,20,22,23,25,28,30,31)/t12?,17-/m1/s1. The Balaban J connectivity index is 1.53. The summed E-state index contributed by atoms with van der Waals surface area (Å²) in [6, 6.07) is 2.47. The Kier molecular flexibility index (Phi) is 6.70. The summed E-state index contributed by atoms with van der Waals surface area (Å²) in [6.07, 6.45) is 8.37. The minimum absolute atomic E-state index is 0.0954. The molecule has 0 saturated carbocycles. The van der Waals surface area contributed by atoms with Crippen LogP contribution in [0.4, 0.5) is 5.13 Å². The predicted molar refractivity (Wildman–Crippen MR) is 117 cm³/mol. The van der Waals surface area contributed by atoms with Gasteiger partial charge >= 0.3 is 0 Å². The van der Waals surface area contributed by atoms with Crippen molar-refractivity contribution in [1.82, 2.24) is 24.7 Å². The number of rotatable bonds is 8. The zero-order valence-corrected chi connectivity index (χ0v) is 18.9. The van der Waals surface area contributed by atoms with Crippen LogP contribution in [0.15, 0.2) is 41.0 Å². The van der Waals surface area contributed by atoms with Gasteiger partial charge in [0, 0.05) is 28.9 Å². The first-order valence-corrected chi connectivity index (χ1v) is 11.5. The molecule has 174 valence electrons. The highest BCUT2D eigenvalue weighted by Gasteiger charge is 2.53. The second kappa shape index (κ2) is 9.85. The minimum atomic E-state index is -1.48. The summed E-state index contributed by atoms with van der Waals surface area (Å²) in [7, 11) is 0. The van der Waals surface area contributed by atoms with E-state index in [0.717, 1.165) is 16.4 Å². The van der Waals surface area contributed by atoms with E-state index in [1.165, 1.54) is 11.8 Å². The van der Waals surface area contributed by atoms with Gasteiger partial charge in [-0.2, -0.15) is 9.36 Å². The molecule has 1 saturated heterocycles. The van der Waals surface area contributed by atoms with Crippen LogP contribution in [0, 0.1) is 12.3 Å². The molecule has 2 amide bonds. The number of oxime groups is 1. The number of nitrogens with one attached hydrogen (secondary N) is 1. The fourth-order valence-electron chi connectivity index (χ4n) is 3.30. The van der Waals surface area contributed by atoms with E-state index in [1.807, 2.05) is 0 Å². The molecule has 0 radical (unpaired) electrons. The Morgan fingerprint density at radius 1 is 1.47 bits per heavy atom. The number of nitrogen functional groups attached to an aromatic ring is 1. The van der Waals surface area contributed by atoms with Gasteiger partial charge < -0.3 is 25.8 Å². The molecule has 0 aliphatic carbocycles. The van der Waals surface area contributed by atoms with Crippen LogP contribution in [-0.2, 0) is 25.8 Å². The number of carboxylic acids is 1. The number of nitrogens with two attached hydrogens (primary N) is 1. The van der Waals surface area contributed by atoms with E-state index in [1.54, 1.807) is 29.2 Å². The van der Waals surface area contributed by atoms with Gasteiger partial charge in [-0.25, -0.2) is 0 Å². The van der Waals surface area contributed by atoms with Crippen molar-refractivity contribution in [3.8, 4) is 12.3 Å². The highest BCUT2D eigenvalue weighted by Crippen LogP contribution is 2.40. The van der Waals surface area contributed by atoms with Crippen LogP contribution < -0.4 is 20.8 Å². The van der Waals surface area contributed by atoms with Crippen LogP contribution in [0.5, 0.6) is 0 Å². The molecule has 15 heteroatoms. The maximum absolute atomic E-state index is 12.9.